The van der Waals surface area contributed by atoms with Crippen LogP contribution < -0.4 is 5.32 Å². The molecule has 0 aromatic heterocycles. The molecule has 1 aromatic rings. The maximum absolute atomic E-state index is 11.7. The molecule has 1 atom stereocenters. The molecule has 1 aliphatic carbocycles. The van der Waals surface area contributed by atoms with Gasteiger partial charge in [0.15, 0.2) is 0 Å². The number of carbonyl (C=O) groups excluding carboxylic acids is 1. The number of carbonyl (C=O) groups is 2. The summed E-state index contributed by atoms with van der Waals surface area (Å²) in [6.07, 6.45) is 1.53. The second-order valence-corrected chi connectivity index (χ2v) is 6.33. The topological polar surface area (TPSA) is 86.6 Å². The number of hydrogen-bond donors (Lipinski definition) is 3. The van der Waals surface area contributed by atoms with Crippen LogP contribution in [-0.2, 0) is 4.79 Å². The fourth-order valence-electron chi connectivity index (χ4n) is 1.90. The Morgan fingerprint density at radius 3 is 2.60 bits per heavy atom. The van der Waals surface area contributed by atoms with Crippen molar-refractivity contribution in [2.24, 2.45) is 5.92 Å². The van der Waals surface area contributed by atoms with Crippen LogP contribution in [0.5, 0.6) is 5.75 Å². The zero-order chi connectivity index (χ0) is 14.9. The summed E-state index contributed by atoms with van der Waals surface area (Å²) in [6, 6.07) is 3.87. The molecule has 1 fully saturated rings. The average molecular weight is 318 g/mol. The minimum atomic E-state index is -1.26. The van der Waals surface area contributed by atoms with Crippen molar-refractivity contribution in [2.45, 2.75) is 23.6 Å². The van der Waals surface area contributed by atoms with Gasteiger partial charge in [-0.15, -0.1) is 23.2 Å². The molecule has 1 aliphatic rings. The van der Waals surface area contributed by atoms with Crippen LogP contribution in [0.2, 0.25) is 0 Å². The lowest BCUT2D eigenvalue weighted by Gasteiger charge is -2.07. The van der Waals surface area contributed by atoms with Gasteiger partial charge in [-0.25, -0.2) is 4.79 Å². The summed E-state index contributed by atoms with van der Waals surface area (Å²) < 4.78 is -0.699. The van der Waals surface area contributed by atoms with Crippen molar-refractivity contribution in [3.63, 3.8) is 0 Å². The summed E-state index contributed by atoms with van der Waals surface area (Å²) in [6.45, 7) is 0. The predicted molar refractivity (Wildman–Crippen MR) is 75.5 cm³/mol. The van der Waals surface area contributed by atoms with E-state index in [4.69, 9.17) is 28.3 Å². The second-order valence-electron chi connectivity index (χ2n) is 4.79. The SMILES string of the molecule is O=C(CCC1CC1(Cl)Cl)Nc1ccc(O)c(C(=O)O)c1. The number of phenols is 1. The minimum absolute atomic E-state index is 0.131. The molecular formula is C13H13Cl2NO4. The molecule has 1 amide bonds. The number of halogens is 2. The molecule has 0 spiro atoms. The van der Waals surface area contributed by atoms with Gasteiger partial charge >= 0.3 is 5.97 Å². The third-order valence-electron chi connectivity index (χ3n) is 3.19. The highest BCUT2D eigenvalue weighted by molar-refractivity contribution is 6.50. The van der Waals surface area contributed by atoms with E-state index in [9.17, 15) is 14.7 Å². The molecule has 3 N–H and O–H groups in total. The molecule has 0 saturated heterocycles. The average Bonchev–Trinajstić information content (AvgIpc) is 2.97. The van der Waals surface area contributed by atoms with Crippen molar-refractivity contribution < 1.29 is 19.8 Å². The first-order valence-corrected chi connectivity index (χ1v) is 6.79. The smallest absolute Gasteiger partial charge is 0.339 e. The molecule has 1 unspecified atom stereocenters. The van der Waals surface area contributed by atoms with E-state index in [1.807, 2.05) is 0 Å². The van der Waals surface area contributed by atoms with E-state index >= 15 is 0 Å². The van der Waals surface area contributed by atoms with Crippen LogP contribution >= 0.6 is 23.2 Å². The maximum Gasteiger partial charge on any atom is 0.339 e. The standard InChI is InChI=1S/C13H13Cl2NO4/c14-13(15)6-7(13)1-4-11(18)16-8-2-3-10(17)9(5-8)12(19)20/h2-3,5,7,17H,1,4,6H2,(H,16,18)(H,19,20). The lowest BCUT2D eigenvalue weighted by atomic mass is 10.1. The quantitative estimate of drug-likeness (QED) is 0.575. The van der Waals surface area contributed by atoms with Gasteiger partial charge in [-0.3, -0.25) is 4.79 Å². The predicted octanol–water partition coefficient (Wildman–Crippen LogP) is 3.00. The van der Waals surface area contributed by atoms with Crippen molar-refractivity contribution in [1.82, 2.24) is 0 Å². The van der Waals surface area contributed by atoms with Gasteiger partial charge < -0.3 is 15.5 Å². The largest absolute Gasteiger partial charge is 0.507 e. The fraction of sp³-hybridized carbons (Fsp3) is 0.385. The van der Waals surface area contributed by atoms with Gasteiger partial charge in [0, 0.05) is 12.1 Å². The van der Waals surface area contributed by atoms with Crippen molar-refractivity contribution >= 4 is 40.8 Å². The molecule has 0 aliphatic heterocycles. The summed E-state index contributed by atoms with van der Waals surface area (Å²) in [7, 11) is 0. The Hall–Kier alpha value is -1.46. The number of aromatic carboxylic acids is 1. The van der Waals surface area contributed by atoms with Crippen molar-refractivity contribution in [2.75, 3.05) is 5.32 Å². The third-order valence-corrected chi connectivity index (χ3v) is 4.11. The number of rotatable bonds is 5. The van der Waals surface area contributed by atoms with Crippen LogP contribution in [-0.4, -0.2) is 26.4 Å². The van der Waals surface area contributed by atoms with Gasteiger partial charge in [-0.2, -0.15) is 0 Å². The van der Waals surface area contributed by atoms with Gasteiger partial charge in [0.25, 0.3) is 0 Å². The zero-order valence-electron chi connectivity index (χ0n) is 10.4. The fourth-order valence-corrected chi connectivity index (χ4v) is 2.49. The molecule has 0 heterocycles. The number of hydrogen-bond acceptors (Lipinski definition) is 3. The number of nitrogens with one attached hydrogen (secondary N) is 1. The second kappa shape index (κ2) is 5.50. The first-order chi connectivity index (χ1) is 9.29. The molecule has 7 heteroatoms. The molecule has 5 nitrogen and oxygen atoms in total. The number of carboxylic acids is 1. The molecule has 1 saturated carbocycles. The lowest BCUT2D eigenvalue weighted by molar-refractivity contribution is -0.116. The number of aromatic hydroxyl groups is 1. The number of amides is 1. The number of benzene rings is 1. The van der Waals surface area contributed by atoms with Gasteiger partial charge in [-0.1, -0.05) is 0 Å². The summed E-state index contributed by atoms with van der Waals surface area (Å²) in [5.41, 5.74) is 0.0644. The highest BCUT2D eigenvalue weighted by atomic mass is 35.5. The molecule has 1 aromatic carbocycles. The highest BCUT2D eigenvalue weighted by Crippen LogP contribution is 2.55. The van der Waals surface area contributed by atoms with E-state index in [1.54, 1.807) is 0 Å². The van der Waals surface area contributed by atoms with Crippen LogP contribution in [0.15, 0.2) is 18.2 Å². The Labute approximate surface area is 125 Å². The van der Waals surface area contributed by atoms with Crippen molar-refractivity contribution in [3.05, 3.63) is 23.8 Å². The third kappa shape index (κ3) is 3.55. The monoisotopic (exact) mass is 317 g/mol. The maximum atomic E-state index is 11.7. The first kappa shape index (κ1) is 14.9. The Morgan fingerprint density at radius 1 is 1.40 bits per heavy atom. The van der Waals surface area contributed by atoms with Crippen molar-refractivity contribution in [1.29, 1.82) is 0 Å². The Kier molecular flexibility index (Phi) is 4.11. The summed E-state index contributed by atoms with van der Waals surface area (Å²) in [5.74, 6) is -1.72. The molecule has 0 radical (unpaired) electrons. The lowest BCUT2D eigenvalue weighted by Crippen LogP contribution is -2.12. The zero-order valence-corrected chi connectivity index (χ0v) is 11.9. The summed E-state index contributed by atoms with van der Waals surface area (Å²) >= 11 is 11.7. The normalized spacial score (nSPS) is 19.4. The number of alkyl halides is 2. The van der Waals surface area contributed by atoms with Crippen LogP contribution in [0.3, 0.4) is 0 Å². The molecule has 2 rings (SSSR count). The van der Waals surface area contributed by atoms with Gasteiger partial charge in [0.05, 0.1) is 0 Å². The van der Waals surface area contributed by atoms with E-state index in [2.05, 4.69) is 5.32 Å². The van der Waals surface area contributed by atoms with Crippen LogP contribution in [0, 0.1) is 5.92 Å². The molecule has 0 bridgehead atoms. The molecule has 20 heavy (non-hydrogen) atoms. The van der Waals surface area contributed by atoms with E-state index in [0.29, 0.717) is 18.5 Å². The molecule has 108 valence electrons. The molecular weight excluding hydrogens is 305 g/mol. The van der Waals surface area contributed by atoms with Gasteiger partial charge in [0.2, 0.25) is 5.91 Å². The Morgan fingerprint density at radius 2 is 2.05 bits per heavy atom. The number of anilines is 1. The number of carboxylic acid groups (broad SMARTS) is 1. The van der Waals surface area contributed by atoms with E-state index < -0.39 is 10.3 Å². The highest BCUT2D eigenvalue weighted by Gasteiger charge is 2.50. The minimum Gasteiger partial charge on any atom is -0.507 e. The van der Waals surface area contributed by atoms with Crippen molar-refractivity contribution in [3.8, 4) is 5.75 Å². The van der Waals surface area contributed by atoms with E-state index in [1.165, 1.54) is 18.2 Å². The van der Waals surface area contributed by atoms with Gasteiger partial charge in [0.1, 0.15) is 15.6 Å². The van der Waals surface area contributed by atoms with E-state index in [0.717, 1.165) is 0 Å². The van der Waals surface area contributed by atoms with Crippen LogP contribution in [0.1, 0.15) is 29.6 Å². The van der Waals surface area contributed by atoms with E-state index in [-0.39, 0.29) is 29.6 Å². The van der Waals surface area contributed by atoms with Gasteiger partial charge in [-0.05, 0) is 37.0 Å². The van der Waals surface area contributed by atoms with Crippen LogP contribution in [0.25, 0.3) is 0 Å². The first-order valence-electron chi connectivity index (χ1n) is 6.03. The Bertz CT molecular complexity index is 559. The Balaban J connectivity index is 1.91. The summed E-state index contributed by atoms with van der Waals surface area (Å²) in [4.78, 5) is 22.6. The summed E-state index contributed by atoms with van der Waals surface area (Å²) in [5, 5.41) is 20.8. The van der Waals surface area contributed by atoms with Crippen LogP contribution in [0.4, 0.5) is 5.69 Å².